The molecule has 0 radical (unpaired) electrons. The van der Waals surface area contributed by atoms with Crippen molar-refractivity contribution in [2.75, 3.05) is 26.8 Å². The van der Waals surface area contributed by atoms with Gasteiger partial charge in [-0.3, -0.25) is 4.79 Å². The summed E-state index contributed by atoms with van der Waals surface area (Å²) >= 11 is 0. The van der Waals surface area contributed by atoms with Gasteiger partial charge in [-0.2, -0.15) is 0 Å². The number of carbonyl (C=O) groups excluding carboxylic acids is 1. The molecule has 0 spiro atoms. The summed E-state index contributed by atoms with van der Waals surface area (Å²) in [6.07, 6.45) is 3.57. The van der Waals surface area contributed by atoms with Crippen LogP contribution in [0.1, 0.15) is 26.2 Å². The molecule has 4 unspecified atom stereocenters. The van der Waals surface area contributed by atoms with E-state index >= 15 is 0 Å². The van der Waals surface area contributed by atoms with Crippen LogP contribution in [0.3, 0.4) is 0 Å². The first-order chi connectivity index (χ1) is 8.15. The molecule has 2 N–H and O–H groups in total. The average Bonchev–Trinajstić information content (AvgIpc) is 2.89. The number of rotatable bonds is 5. The summed E-state index contributed by atoms with van der Waals surface area (Å²) < 4.78 is 5.28. The molecule has 0 heterocycles. The molecule has 0 aromatic rings. The predicted octanol–water partition coefficient (Wildman–Crippen LogP) is 0.855. The highest BCUT2D eigenvalue weighted by atomic mass is 16.5. The Bertz CT molecular complexity index is 281. The molecule has 4 atom stereocenters. The molecule has 0 aromatic heterocycles. The van der Waals surface area contributed by atoms with Crippen LogP contribution >= 0.6 is 0 Å². The van der Waals surface area contributed by atoms with Gasteiger partial charge in [-0.05, 0) is 38.0 Å². The molecular weight excluding hydrogens is 216 g/mol. The topological polar surface area (TPSA) is 55.6 Å². The number of nitrogens with two attached hydrogens (primary N) is 1. The van der Waals surface area contributed by atoms with Gasteiger partial charge in [0.25, 0.3) is 0 Å². The molecule has 2 aliphatic rings. The minimum absolute atomic E-state index is 0.0698. The molecule has 2 fully saturated rings. The molecule has 17 heavy (non-hydrogen) atoms. The van der Waals surface area contributed by atoms with Crippen molar-refractivity contribution in [1.82, 2.24) is 4.90 Å². The Morgan fingerprint density at radius 1 is 1.41 bits per heavy atom. The average molecular weight is 240 g/mol. The minimum atomic E-state index is 0.0698. The highest BCUT2D eigenvalue weighted by Crippen LogP contribution is 2.48. The maximum Gasteiger partial charge on any atom is 0.227 e. The number of hydrogen-bond donors (Lipinski definition) is 1. The zero-order valence-corrected chi connectivity index (χ0v) is 10.9. The Hall–Kier alpha value is -0.610. The molecule has 0 aliphatic heterocycles. The van der Waals surface area contributed by atoms with Crippen LogP contribution in [0, 0.1) is 17.8 Å². The van der Waals surface area contributed by atoms with Crippen LogP contribution in [0.4, 0.5) is 0 Å². The Kier molecular flexibility index (Phi) is 4.05. The molecule has 2 bridgehead atoms. The standard InChI is InChI=1S/C13H24N2O2/c1-3-17-7-6-15(2)13(16)11-9-4-5-10(8-9)12(11)14/h9-12H,3-8,14H2,1-2H3. The summed E-state index contributed by atoms with van der Waals surface area (Å²) in [7, 11) is 1.86. The van der Waals surface area contributed by atoms with Gasteiger partial charge in [0.15, 0.2) is 0 Å². The molecule has 4 heteroatoms. The minimum Gasteiger partial charge on any atom is -0.380 e. The van der Waals surface area contributed by atoms with Crippen LogP contribution in [0.2, 0.25) is 0 Å². The Labute approximate surface area is 103 Å². The van der Waals surface area contributed by atoms with E-state index in [1.165, 1.54) is 12.8 Å². The molecule has 4 nitrogen and oxygen atoms in total. The summed E-state index contributed by atoms with van der Waals surface area (Å²) in [6, 6.07) is 0.0933. The third-order valence-electron chi connectivity index (χ3n) is 4.42. The second-order valence-electron chi connectivity index (χ2n) is 5.39. The van der Waals surface area contributed by atoms with E-state index in [0.717, 1.165) is 6.42 Å². The van der Waals surface area contributed by atoms with Gasteiger partial charge in [0.05, 0.1) is 12.5 Å². The smallest absolute Gasteiger partial charge is 0.227 e. The first kappa shape index (κ1) is 12.8. The molecule has 98 valence electrons. The van der Waals surface area contributed by atoms with Crippen molar-refractivity contribution in [3.63, 3.8) is 0 Å². The molecule has 1 amide bonds. The van der Waals surface area contributed by atoms with Crippen LogP contribution in [-0.2, 0) is 9.53 Å². The lowest BCUT2D eigenvalue weighted by Gasteiger charge is -2.30. The van der Waals surface area contributed by atoms with Gasteiger partial charge in [-0.15, -0.1) is 0 Å². The van der Waals surface area contributed by atoms with E-state index in [9.17, 15) is 4.79 Å². The molecule has 2 rings (SSSR count). The SMILES string of the molecule is CCOCCN(C)C(=O)C1C2CCC(C2)C1N. The number of fused-ring (bicyclic) bond motifs is 2. The first-order valence-corrected chi connectivity index (χ1v) is 6.73. The van der Waals surface area contributed by atoms with Crippen LogP contribution < -0.4 is 5.73 Å². The van der Waals surface area contributed by atoms with Gasteiger partial charge in [0, 0.05) is 26.2 Å². The van der Waals surface area contributed by atoms with Crippen molar-refractivity contribution in [2.45, 2.75) is 32.2 Å². The van der Waals surface area contributed by atoms with E-state index in [1.54, 1.807) is 4.90 Å². The quantitative estimate of drug-likeness (QED) is 0.725. The highest BCUT2D eigenvalue weighted by Gasteiger charge is 2.49. The Morgan fingerprint density at radius 3 is 2.71 bits per heavy atom. The maximum atomic E-state index is 12.3. The van der Waals surface area contributed by atoms with E-state index in [2.05, 4.69) is 0 Å². The summed E-state index contributed by atoms with van der Waals surface area (Å²) in [5.41, 5.74) is 6.18. The Balaban J connectivity index is 1.87. The summed E-state index contributed by atoms with van der Waals surface area (Å²) in [6.45, 7) is 3.96. The fraction of sp³-hybridized carbons (Fsp3) is 0.923. The number of ether oxygens (including phenoxy) is 1. The van der Waals surface area contributed by atoms with Gasteiger partial charge >= 0.3 is 0 Å². The normalized spacial score (nSPS) is 35.2. The highest BCUT2D eigenvalue weighted by molar-refractivity contribution is 5.80. The number of nitrogens with zero attached hydrogens (tertiary/aromatic N) is 1. The Morgan fingerprint density at radius 2 is 2.12 bits per heavy atom. The summed E-state index contributed by atoms with van der Waals surface area (Å²) in [5.74, 6) is 1.43. The molecule has 0 aromatic carbocycles. The second kappa shape index (κ2) is 5.36. The lowest BCUT2D eigenvalue weighted by molar-refractivity contribution is -0.137. The van der Waals surface area contributed by atoms with Crippen molar-refractivity contribution in [3.8, 4) is 0 Å². The second-order valence-corrected chi connectivity index (χ2v) is 5.39. The van der Waals surface area contributed by atoms with E-state index in [4.69, 9.17) is 10.5 Å². The zero-order valence-electron chi connectivity index (χ0n) is 10.9. The predicted molar refractivity (Wildman–Crippen MR) is 66.4 cm³/mol. The lowest BCUT2D eigenvalue weighted by atomic mass is 9.84. The monoisotopic (exact) mass is 240 g/mol. The lowest BCUT2D eigenvalue weighted by Crippen LogP contribution is -2.46. The van der Waals surface area contributed by atoms with Crippen molar-refractivity contribution in [2.24, 2.45) is 23.5 Å². The van der Waals surface area contributed by atoms with Crippen LogP contribution in [0.25, 0.3) is 0 Å². The molecule has 2 aliphatic carbocycles. The summed E-state index contributed by atoms with van der Waals surface area (Å²) in [5, 5.41) is 0. The van der Waals surface area contributed by atoms with Gasteiger partial charge in [0.1, 0.15) is 0 Å². The van der Waals surface area contributed by atoms with Gasteiger partial charge < -0.3 is 15.4 Å². The van der Waals surface area contributed by atoms with Gasteiger partial charge in [0.2, 0.25) is 5.91 Å². The third-order valence-corrected chi connectivity index (χ3v) is 4.42. The molecule has 2 saturated carbocycles. The number of carbonyl (C=O) groups is 1. The maximum absolute atomic E-state index is 12.3. The fourth-order valence-corrected chi connectivity index (χ4v) is 3.41. The number of likely N-dealkylation sites (N-methyl/N-ethyl adjacent to an activating group) is 1. The van der Waals surface area contributed by atoms with Crippen molar-refractivity contribution < 1.29 is 9.53 Å². The number of hydrogen-bond acceptors (Lipinski definition) is 3. The van der Waals surface area contributed by atoms with E-state index < -0.39 is 0 Å². The van der Waals surface area contributed by atoms with Crippen molar-refractivity contribution in [3.05, 3.63) is 0 Å². The van der Waals surface area contributed by atoms with E-state index in [0.29, 0.717) is 31.6 Å². The number of amides is 1. The van der Waals surface area contributed by atoms with Crippen LogP contribution in [-0.4, -0.2) is 43.7 Å². The summed E-state index contributed by atoms with van der Waals surface area (Å²) in [4.78, 5) is 14.1. The molecule has 0 saturated heterocycles. The van der Waals surface area contributed by atoms with Crippen molar-refractivity contribution >= 4 is 5.91 Å². The zero-order chi connectivity index (χ0) is 12.4. The van der Waals surface area contributed by atoms with Crippen LogP contribution in [0.5, 0.6) is 0 Å². The fourth-order valence-electron chi connectivity index (χ4n) is 3.41. The third kappa shape index (κ3) is 2.47. The van der Waals surface area contributed by atoms with E-state index in [-0.39, 0.29) is 17.9 Å². The van der Waals surface area contributed by atoms with Crippen molar-refractivity contribution in [1.29, 1.82) is 0 Å². The van der Waals surface area contributed by atoms with Crippen LogP contribution in [0.15, 0.2) is 0 Å². The molecular formula is C13H24N2O2. The van der Waals surface area contributed by atoms with Gasteiger partial charge in [-0.25, -0.2) is 0 Å². The van der Waals surface area contributed by atoms with Gasteiger partial charge in [-0.1, -0.05) is 0 Å². The first-order valence-electron chi connectivity index (χ1n) is 6.73. The van der Waals surface area contributed by atoms with E-state index in [1.807, 2.05) is 14.0 Å². The largest absolute Gasteiger partial charge is 0.380 e.